The first kappa shape index (κ1) is 17.2. The number of thioether (sulfide) groups is 1. The highest BCUT2D eigenvalue weighted by molar-refractivity contribution is 8.00. The maximum Gasteiger partial charge on any atom is 0.446 e. The third-order valence-corrected chi connectivity index (χ3v) is 5.49. The molecule has 0 spiro atoms. The van der Waals surface area contributed by atoms with Crippen LogP contribution in [0.1, 0.15) is 18.7 Å². The van der Waals surface area contributed by atoms with Crippen molar-refractivity contribution in [3.8, 4) is 0 Å². The van der Waals surface area contributed by atoms with E-state index in [1.807, 2.05) is 4.57 Å². The van der Waals surface area contributed by atoms with Crippen LogP contribution in [0, 0.1) is 0 Å². The minimum Gasteiger partial charge on any atom is -0.333 e. The number of nitrogens with zero attached hydrogens (tertiary/aromatic N) is 2. The van der Waals surface area contributed by atoms with Gasteiger partial charge in [0.25, 0.3) is 10.0 Å². The SMILES string of the molecule is O=S(=O)(Nc1ccc(SC(F)(F)F)cc1)c1cn2c(n1)CCCC2. The van der Waals surface area contributed by atoms with Gasteiger partial charge in [-0.15, -0.1) is 0 Å². The molecule has 130 valence electrons. The second kappa shape index (κ2) is 6.32. The number of sulfonamides is 1. The number of aromatic nitrogens is 2. The lowest BCUT2D eigenvalue weighted by atomic mass is 10.2. The third kappa shape index (κ3) is 4.04. The smallest absolute Gasteiger partial charge is 0.333 e. The van der Waals surface area contributed by atoms with Gasteiger partial charge in [-0.25, -0.2) is 4.98 Å². The van der Waals surface area contributed by atoms with Gasteiger partial charge in [-0.1, -0.05) is 0 Å². The fourth-order valence-corrected chi connectivity index (χ4v) is 4.03. The molecule has 10 heteroatoms. The summed E-state index contributed by atoms with van der Waals surface area (Å²) in [6, 6.07) is 5.02. The topological polar surface area (TPSA) is 64.0 Å². The second-order valence-electron chi connectivity index (χ2n) is 5.32. The highest BCUT2D eigenvalue weighted by Gasteiger charge is 2.29. The van der Waals surface area contributed by atoms with Gasteiger partial charge in [0.15, 0.2) is 5.03 Å². The van der Waals surface area contributed by atoms with E-state index in [4.69, 9.17) is 0 Å². The summed E-state index contributed by atoms with van der Waals surface area (Å²) in [6.45, 7) is 0.737. The zero-order valence-corrected chi connectivity index (χ0v) is 14.0. The van der Waals surface area contributed by atoms with Crippen molar-refractivity contribution >= 4 is 27.5 Å². The van der Waals surface area contributed by atoms with Crippen molar-refractivity contribution in [2.45, 2.75) is 41.2 Å². The molecule has 24 heavy (non-hydrogen) atoms. The van der Waals surface area contributed by atoms with Crippen LogP contribution in [-0.4, -0.2) is 23.5 Å². The summed E-state index contributed by atoms with van der Waals surface area (Å²) in [4.78, 5) is 4.13. The largest absolute Gasteiger partial charge is 0.446 e. The summed E-state index contributed by atoms with van der Waals surface area (Å²) in [5, 5.41) is -0.0758. The molecule has 0 aliphatic carbocycles. The van der Waals surface area contributed by atoms with Crippen molar-refractivity contribution in [2.75, 3.05) is 4.72 Å². The van der Waals surface area contributed by atoms with E-state index in [1.165, 1.54) is 30.5 Å². The molecule has 1 aromatic heterocycles. The summed E-state index contributed by atoms with van der Waals surface area (Å²) in [6.07, 6.45) is 4.18. The number of aryl methyl sites for hydroxylation is 2. The summed E-state index contributed by atoms with van der Waals surface area (Å²) in [5.41, 5.74) is -4.19. The molecule has 0 radical (unpaired) electrons. The predicted octanol–water partition coefficient (Wildman–Crippen LogP) is 3.63. The van der Waals surface area contributed by atoms with Gasteiger partial charge < -0.3 is 4.57 Å². The van der Waals surface area contributed by atoms with Crippen LogP contribution in [0.15, 0.2) is 40.4 Å². The van der Waals surface area contributed by atoms with E-state index in [1.54, 1.807) is 0 Å². The number of imidazole rings is 1. The Kier molecular flexibility index (Phi) is 4.52. The number of alkyl halides is 3. The Hall–Kier alpha value is -1.68. The van der Waals surface area contributed by atoms with Crippen LogP contribution in [0.5, 0.6) is 0 Å². The first-order chi connectivity index (χ1) is 11.2. The molecule has 0 saturated carbocycles. The Morgan fingerprint density at radius 2 is 1.88 bits per heavy atom. The van der Waals surface area contributed by atoms with Crippen LogP contribution >= 0.6 is 11.8 Å². The summed E-state index contributed by atoms with van der Waals surface area (Å²) in [5.74, 6) is 0.735. The quantitative estimate of drug-likeness (QED) is 0.827. The molecule has 0 unspecified atom stereocenters. The average Bonchev–Trinajstić information content (AvgIpc) is 2.92. The highest BCUT2D eigenvalue weighted by Crippen LogP contribution is 2.37. The van der Waals surface area contributed by atoms with E-state index < -0.39 is 15.5 Å². The van der Waals surface area contributed by atoms with Crippen LogP contribution in [0.2, 0.25) is 0 Å². The lowest BCUT2D eigenvalue weighted by molar-refractivity contribution is -0.0328. The molecule has 2 heterocycles. The van der Waals surface area contributed by atoms with E-state index in [9.17, 15) is 21.6 Å². The molecule has 0 amide bonds. The van der Waals surface area contributed by atoms with Crippen molar-refractivity contribution in [1.29, 1.82) is 0 Å². The van der Waals surface area contributed by atoms with Crippen LogP contribution in [0.25, 0.3) is 0 Å². The number of anilines is 1. The van der Waals surface area contributed by atoms with Gasteiger partial charge in [0.05, 0.1) is 0 Å². The number of halogens is 3. The first-order valence-electron chi connectivity index (χ1n) is 7.18. The zero-order valence-electron chi connectivity index (χ0n) is 12.4. The van der Waals surface area contributed by atoms with Gasteiger partial charge in [0.2, 0.25) is 0 Å². The summed E-state index contributed by atoms with van der Waals surface area (Å²) < 4.78 is 65.7. The predicted molar refractivity (Wildman–Crippen MR) is 84.3 cm³/mol. The van der Waals surface area contributed by atoms with Crippen LogP contribution in [0.3, 0.4) is 0 Å². The molecule has 0 atom stereocenters. The molecular weight excluding hydrogens is 363 g/mol. The van der Waals surface area contributed by atoms with Crippen molar-refractivity contribution in [2.24, 2.45) is 0 Å². The lowest BCUT2D eigenvalue weighted by Crippen LogP contribution is -2.13. The van der Waals surface area contributed by atoms with Gasteiger partial charge >= 0.3 is 5.51 Å². The average molecular weight is 377 g/mol. The van der Waals surface area contributed by atoms with Gasteiger partial charge in [-0.2, -0.15) is 21.6 Å². The number of benzene rings is 1. The Balaban J connectivity index is 1.76. The van der Waals surface area contributed by atoms with Crippen molar-refractivity contribution in [3.63, 3.8) is 0 Å². The van der Waals surface area contributed by atoms with E-state index in [2.05, 4.69) is 9.71 Å². The van der Waals surface area contributed by atoms with E-state index in [-0.39, 0.29) is 27.4 Å². The monoisotopic (exact) mass is 377 g/mol. The summed E-state index contributed by atoms with van der Waals surface area (Å²) in [7, 11) is -3.87. The molecule has 1 aromatic carbocycles. The lowest BCUT2D eigenvalue weighted by Gasteiger charge is -2.11. The molecule has 0 fully saturated rings. The van der Waals surface area contributed by atoms with Gasteiger partial charge in [-0.05, 0) is 48.9 Å². The Labute approximate surface area is 141 Å². The molecule has 2 aromatic rings. The number of rotatable bonds is 4. The number of hydrogen-bond acceptors (Lipinski definition) is 4. The van der Waals surface area contributed by atoms with Gasteiger partial charge in [0, 0.05) is 29.7 Å². The van der Waals surface area contributed by atoms with Gasteiger partial charge in [-0.3, -0.25) is 4.72 Å². The normalized spacial score (nSPS) is 15.1. The molecule has 0 saturated heterocycles. The number of hydrogen-bond donors (Lipinski definition) is 1. The molecule has 5 nitrogen and oxygen atoms in total. The van der Waals surface area contributed by atoms with E-state index in [0.29, 0.717) is 0 Å². The third-order valence-electron chi connectivity index (χ3n) is 3.50. The maximum atomic E-state index is 12.4. The Bertz CT molecular complexity index is 806. The minimum absolute atomic E-state index is 0.0112. The molecule has 3 rings (SSSR count). The van der Waals surface area contributed by atoms with E-state index in [0.717, 1.165) is 31.6 Å². The summed E-state index contributed by atoms with van der Waals surface area (Å²) >= 11 is -0.251. The fraction of sp³-hybridized carbons (Fsp3) is 0.357. The molecular formula is C14H14F3N3O2S2. The zero-order chi connectivity index (χ0) is 17.4. The minimum atomic E-state index is -4.38. The van der Waals surface area contributed by atoms with Crippen LogP contribution < -0.4 is 4.72 Å². The number of fused-ring (bicyclic) bond motifs is 1. The van der Waals surface area contributed by atoms with Crippen molar-refractivity contribution in [1.82, 2.24) is 9.55 Å². The fourth-order valence-electron chi connectivity index (χ4n) is 2.45. The van der Waals surface area contributed by atoms with Crippen LogP contribution in [-0.2, 0) is 23.0 Å². The van der Waals surface area contributed by atoms with Crippen molar-refractivity contribution in [3.05, 3.63) is 36.3 Å². The Morgan fingerprint density at radius 1 is 1.17 bits per heavy atom. The van der Waals surface area contributed by atoms with Crippen molar-refractivity contribution < 1.29 is 21.6 Å². The van der Waals surface area contributed by atoms with E-state index >= 15 is 0 Å². The Morgan fingerprint density at radius 3 is 2.50 bits per heavy atom. The van der Waals surface area contributed by atoms with Crippen LogP contribution in [0.4, 0.5) is 18.9 Å². The molecule has 1 aliphatic rings. The molecule has 1 N–H and O–H groups in total. The first-order valence-corrected chi connectivity index (χ1v) is 9.48. The molecule has 0 bridgehead atoms. The maximum absolute atomic E-state index is 12.4. The number of nitrogens with one attached hydrogen (secondary N) is 1. The second-order valence-corrected chi connectivity index (χ2v) is 8.09. The standard InChI is InChI=1S/C14H14F3N3O2S2/c15-14(16,17)23-11-6-4-10(5-7-11)19-24(21,22)13-9-20-8-2-1-3-12(20)18-13/h4-7,9,19H,1-3,8H2. The highest BCUT2D eigenvalue weighted by atomic mass is 32.2. The molecule has 1 aliphatic heterocycles. The van der Waals surface area contributed by atoms with Gasteiger partial charge in [0.1, 0.15) is 5.82 Å².